The number of hydrogen-bond donors (Lipinski definition) is 1. The molecule has 0 heterocycles. The molecule has 0 radical (unpaired) electrons. The zero-order valence-corrected chi connectivity index (χ0v) is 6.89. The minimum Gasteiger partial charge on any atom is -0.468 e. The molecule has 0 saturated heterocycles. The number of methoxy groups -OCH3 is 1. The Bertz CT molecular complexity index is 191. The molecule has 0 bridgehead atoms. The van der Waals surface area contributed by atoms with E-state index in [4.69, 9.17) is 0 Å². The van der Waals surface area contributed by atoms with Crippen LogP contribution in [0.3, 0.4) is 0 Å². The lowest BCUT2D eigenvalue weighted by atomic mass is 10.2. The molecule has 0 aromatic rings. The molecule has 0 aliphatic heterocycles. The van der Waals surface area contributed by atoms with Gasteiger partial charge in [0.25, 0.3) is 0 Å². The van der Waals surface area contributed by atoms with Gasteiger partial charge in [-0.3, -0.25) is 4.79 Å². The number of hydrogen-bond acceptors (Lipinski definition) is 3. The molecule has 1 N–H and O–H groups in total. The Balaban J connectivity index is 2.66. The van der Waals surface area contributed by atoms with Crippen molar-refractivity contribution in [2.45, 2.75) is 12.0 Å². The van der Waals surface area contributed by atoms with Crippen molar-refractivity contribution in [3.8, 4) is 0 Å². The van der Waals surface area contributed by atoms with Gasteiger partial charge in [0.05, 0.1) is 7.11 Å². The van der Waals surface area contributed by atoms with E-state index in [0.717, 1.165) is 6.42 Å². The summed E-state index contributed by atoms with van der Waals surface area (Å²) in [6.45, 7) is 3.63. The summed E-state index contributed by atoms with van der Waals surface area (Å²) < 4.78 is 4.65. The molecular formula is C8H13NO2. The van der Waals surface area contributed by atoms with Gasteiger partial charge in [0, 0.05) is 5.92 Å². The Morgan fingerprint density at radius 1 is 1.91 bits per heavy atom. The molecule has 0 aromatic heterocycles. The number of likely N-dealkylation sites (N-methyl/N-ethyl adjacent to an activating group) is 1. The van der Waals surface area contributed by atoms with E-state index in [0.29, 0.717) is 0 Å². The van der Waals surface area contributed by atoms with Gasteiger partial charge in [0.1, 0.15) is 5.54 Å². The summed E-state index contributed by atoms with van der Waals surface area (Å²) in [5.41, 5.74) is -0.462. The van der Waals surface area contributed by atoms with Gasteiger partial charge in [0.2, 0.25) is 0 Å². The Morgan fingerprint density at radius 3 is 2.82 bits per heavy atom. The fourth-order valence-corrected chi connectivity index (χ4v) is 1.38. The third kappa shape index (κ3) is 1.05. The number of carbonyl (C=O) groups excluding carboxylic acids is 1. The minimum atomic E-state index is -0.462. The maximum atomic E-state index is 11.2. The third-order valence-corrected chi connectivity index (χ3v) is 2.30. The van der Waals surface area contributed by atoms with Crippen LogP contribution in [0.1, 0.15) is 6.42 Å². The van der Waals surface area contributed by atoms with Gasteiger partial charge < -0.3 is 10.1 Å². The van der Waals surface area contributed by atoms with Crippen molar-refractivity contribution in [2.24, 2.45) is 5.92 Å². The van der Waals surface area contributed by atoms with Crippen molar-refractivity contribution >= 4 is 5.97 Å². The van der Waals surface area contributed by atoms with Gasteiger partial charge in [0.15, 0.2) is 0 Å². The summed E-state index contributed by atoms with van der Waals surface area (Å²) in [6.07, 6.45) is 2.59. The summed E-state index contributed by atoms with van der Waals surface area (Å²) in [5, 5.41) is 2.96. The Kier molecular flexibility index (Phi) is 2.00. The SMILES string of the molecule is C=C[C@H]1C[C@]1(NC)C(=O)OC. The molecule has 0 amide bonds. The fraction of sp³-hybridized carbons (Fsp3) is 0.625. The molecule has 1 aliphatic rings. The first-order valence-corrected chi connectivity index (χ1v) is 3.61. The van der Waals surface area contributed by atoms with Crippen LogP contribution in [0.4, 0.5) is 0 Å². The highest BCUT2D eigenvalue weighted by Gasteiger charge is 2.58. The molecule has 0 unspecified atom stereocenters. The lowest BCUT2D eigenvalue weighted by Gasteiger charge is -2.11. The molecule has 1 fully saturated rings. The predicted molar refractivity (Wildman–Crippen MR) is 42.1 cm³/mol. The van der Waals surface area contributed by atoms with Crippen molar-refractivity contribution in [2.75, 3.05) is 14.2 Å². The van der Waals surface area contributed by atoms with Crippen molar-refractivity contribution in [1.82, 2.24) is 5.32 Å². The molecule has 3 heteroatoms. The molecular weight excluding hydrogens is 142 g/mol. The molecule has 0 spiro atoms. The lowest BCUT2D eigenvalue weighted by molar-refractivity contribution is -0.144. The molecule has 0 aromatic carbocycles. The molecule has 1 aliphatic carbocycles. The van der Waals surface area contributed by atoms with Gasteiger partial charge in [-0.05, 0) is 13.5 Å². The van der Waals surface area contributed by atoms with Gasteiger partial charge in [-0.25, -0.2) is 0 Å². The van der Waals surface area contributed by atoms with Crippen molar-refractivity contribution < 1.29 is 9.53 Å². The van der Waals surface area contributed by atoms with Crippen LogP contribution in [-0.4, -0.2) is 25.7 Å². The highest BCUT2D eigenvalue weighted by molar-refractivity contribution is 5.85. The van der Waals surface area contributed by atoms with Crippen molar-refractivity contribution in [3.63, 3.8) is 0 Å². The van der Waals surface area contributed by atoms with E-state index in [-0.39, 0.29) is 11.9 Å². The second-order valence-corrected chi connectivity index (χ2v) is 2.76. The smallest absolute Gasteiger partial charge is 0.326 e. The van der Waals surface area contributed by atoms with E-state index in [2.05, 4.69) is 16.6 Å². The first kappa shape index (κ1) is 8.27. The van der Waals surface area contributed by atoms with Crippen LogP contribution in [-0.2, 0) is 9.53 Å². The topological polar surface area (TPSA) is 38.3 Å². The number of ether oxygens (including phenoxy) is 1. The monoisotopic (exact) mass is 155 g/mol. The summed E-state index contributed by atoms with van der Waals surface area (Å²) in [4.78, 5) is 11.2. The van der Waals surface area contributed by atoms with Gasteiger partial charge in [-0.1, -0.05) is 6.08 Å². The number of esters is 1. The Morgan fingerprint density at radius 2 is 2.55 bits per heavy atom. The maximum absolute atomic E-state index is 11.2. The number of rotatable bonds is 3. The maximum Gasteiger partial charge on any atom is 0.326 e. The lowest BCUT2D eigenvalue weighted by Crippen LogP contribution is -2.39. The van der Waals surface area contributed by atoms with Crippen LogP contribution in [0.15, 0.2) is 12.7 Å². The minimum absolute atomic E-state index is 0.190. The molecule has 3 nitrogen and oxygen atoms in total. The Labute approximate surface area is 66.4 Å². The van der Waals surface area contributed by atoms with Crippen LogP contribution < -0.4 is 5.32 Å². The Hall–Kier alpha value is -0.830. The highest BCUT2D eigenvalue weighted by Crippen LogP contribution is 2.44. The van der Waals surface area contributed by atoms with Gasteiger partial charge in [-0.15, -0.1) is 6.58 Å². The predicted octanol–water partition coefficient (Wildman–Crippen LogP) is 0.323. The van der Waals surface area contributed by atoms with Crippen LogP contribution in [0.5, 0.6) is 0 Å². The molecule has 11 heavy (non-hydrogen) atoms. The average molecular weight is 155 g/mol. The standard InChI is InChI=1S/C8H13NO2/c1-4-6-5-8(6,9-2)7(10)11-3/h4,6,9H,1,5H2,2-3H3/t6-,8+/m0/s1. The largest absolute Gasteiger partial charge is 0.468 e. The first-order chi connectivity index (χ1) is 5.21. The van der Waals surface area contributed by atoms with Crippen molar-refractivity contribution in [1.29, 1.82) is 0 Å². The average Bonchev–Trinajstić information content (AvgIpc) is 2.78. The van der Waals surface area contributed by atoms with E-state index < -0.39 is 5.54 Å². The van der Waals surface area contributed by atoms with E-state index in [9.17, 15) is 4.79 Å². The highest BCUT2D eigenvalue weighted by atomic mass is 16.5. The summed E-state index contributed by atoms with van der Waals surface area (Å²) in [5.74, 6) is 0.0462. The van der Waals surface area contributed by atoms with E-state index in [1.807, 2.05) is 0 Å². The zero-order valence-electron chi connectivity index (χ0n) is 6.89. The second-order valence-electron chi connectivity index (χ2n) is 2.76. The quantitative estimate of drug-likeness (QED) is 0.471. The number of nitrogens with one attached hydrogen (secondary N) is 1. The zero-order chi connectivity index (χ0) is 8.48. The fourth-order valence-electron chi connectivity index (χ4n) is 1.38. The first-order valence-electron chi connectivity index (χ1n) is 3.61. The van der Waals surface area contributed by atoms with Gasteiger partial charge >= 0.3 is 5.97 Å². The van der Waals surface area contributed by atoms with Gasteiger partial charge in [-0.2, -0.15) is 0 Å². The molecule has 2 atom stereocenters. The normalized spacial score (nSPS) is 34.5. The van der Waals surface area contributed by atoms with Crippen LogP contribution in [0.2, 0.25) is 0 Å². The molecule has 1 rings (SSSR count). The van der Waals surface area contributed by atoms with Crippen molar-refractivity contribution in [3.05, 3.63) is 12.7 Å². The molecule has 62 valence electrons. The summed E-state index contributed by atoms with van der Waals surface area (Å²) >= 11 is 0. The third-order valence-electron chi connectivity index (χ3n) is 2.30. The second kappa shape index (κ2) is 2.66. The summed E-state index contributed by atoms with van der Waals surface area (Å²) in [6, 6.07) is 0. The van der Waals surface area contributed by atoms with Crippen LogP contribution >= 0.6 is 0 Å². The number of carbonyl (C=O) groups is 1. The van der Waals surface area contributed by atoms with Crippen LogP contribution in [0, 0.1) is 5.92 Å². The van der Waals surface area contributed by atoms with E-state index in [1.165, 1.54) is 7.11 Å². The van der Waals surface area contributed by atoms with Crippen LogP contribution in [0.25, 0.3) is 0 Å². The molecule has 1 saturated carbocycles. The van der Waals surface area contributed by atoms with E-state index in [1.54, 1.807) is 13.1 Å². The van der Waals surface area contributed by atoms with E-state index >= 15 is 0 Å². The summed E-state index contributed by atoms with van der Waals surface area (Å²) in [7, 11) is 3.17.